The lowest BCUT2D eigenvalue weighted by Crippen LogP contribution is -2.31. The number of ether oxygens (including phenoxy) is 1. The Labute approximate surface area is 157 Å². The third-order valence-corrected chi connectivity index (χ3v) is 4.35. The van der Waals surface area contributed by atoms with E-state index in [1.165, 1.54) is 30.0 Å². The van der Waals surface area contributed by atoms with E-state index in [9.17, 15) is 14.0 Å². The zero-order chi connectivity index (χ0) is 19.2. The fourth-order valence-corrected chi connectivity index (χ4v) is 2.84. The van der Waals surface area contributed by atoms with Crippen molar-refractivity contribution in [2.75, 3.05) is 12.9 Å². The number of methoxy groups -OCH3 is 1. The maximum Gasteiger partial charge on any atom is 0.257 e. The fraction of sp³-hybridized carbons (Fsp3) is 0.118. The first-order chi connectivity index (χ1) is 13.1. The highest BCUT2D eigenvalue weighted by molar-refractivity contribution is 7.99. The normalized spacial score (nSPS) is 10.4. The molecule has 3 aromatic rings. The first kappa shape index (κ1) is 18.5. The van der Waals surface area contributed by atoms with E-state index in [1.807, 2.05) is 0 Å². The highest BCUT2D eigenvalue weighted by atomic mass is 32.2. The van der Waals surface area contributed by atoms with Crippen LogP contribution in [0.4, 0.5) is 4.39 Å². The van der Waals surface area contributed by atoms with Crippen molar-refractivity contribution in [2.24, 2.45) is 0 Å². The zero-order valence-corrected chi connectivity index (χ0v) is 14.9. The Bertz CT molecular complexity index is 961. The van der Waals surface area contributed by atoms with Gasteiger partial charge < -0.3 is 4.74 Å². The second kappa shape index (κ2) is 8.41. The molecule has 0 aliphatic carbocycles. The summed E-state index contributed by atoms with van der Waals surface area (Å²) < 4.78 is 19.7. The molecule has 2 amide bonds. The number of tetrazole rings is 1. The van der Waals surface area contributed by atoms with Crippen LogP contribution in [0.5, 0.6) is 5.75 Å². The molecule has 0 radical (unpaired) electrons. The third-order valence-electron chi connectivity index (χ3n) is 3.43. The smallest absolute Gasteiger partial charge is 0.257 e. The van der Waals surface area contributed by atoms with Gasteiger partial charge in [0.05, 0.1) is 18.6 Å². The summed E-state index contributed by atoms with van der Waals surface area (Å²) in [5, 5.41) is 13.7. The predicted molar refractivity (Wildman–Crippen MR) is 95.3 cm³/mol. The van der Waals surface area contributed by atoms with Crippen molar-refractivity contribution < 1.29 is 18.7 Å². The third kappa shape index (κ3) is 4.67. The SMILES string of the molecule is COc1ccc(C(=O)NC(=O)CSc2nnnn2-c2cccc(F)c2)cc1. The minimum absolute atomic E-state index is 0.0857. The molecule has 0 aliphatic heterocycles. The summed E-state index contributed by atoms with van der Waals surface area (Å²) in [6.45, 7) is 0. The van der Waals surface area contributed by atoms with Gasteiger partial charge in [0, 0.05) is 5.56 Å². The van der Waals surface area contributed by atoms with E-state index in [0.717, 1.165) is 11.8 Å². The highest BCUT2D eigenvalue weighted by Crippen LogP contribution is 2.18. The van der Waals surface area contributed by atoms with Gasteiger partial charge in [-0.15, -0.1) is 5.10 Å². The van der Waals surface area contributed by atoms with Crippen LogP contribution in [0.1, 0.15) is 10.4 Å². The number of nitrogens with zero attached hydrogens (tertiary/aromatic N) is 4. The molecular weight excluding hydrogens is 373 g/mol. The molecule has 1 N–H and O–H groups in total. The monoisotopic (exact) mass is 387 g/mol. The Morgan fingerprint density at radius 2 is 2.00 bits per heavy atom. The molecule has 8 nitrogen and oxygen atoms in total. The van der Waals surface area contributed by atoms with Crippen molar-refractivity contribution in [3.05, 3.63) is 59.9 Å². The highest BCUT2D eigenvalue weighted by Gasteiger charge is 2.14. The van der Waals surface area contributed by atoms with Crippen LogP contribution in [-0.4, -0.2) is 44.9 Å². The molecular formula is C17H14FN5O3S. The first-order valence-corrected chi connectivity index (χ1v) is 8.71. The molecule has 2 aromatic carbocycles. The largest absolute Gasteiger partial charge is 0.497 e. The Balaban J connectivity index is 1.60. The van der Waals surface area contributed by atoms with E-state index in [1.54, 1.807) is 30.3 Å². The van der Waals surface area contributed by atoms with Crippen LogP contribution in [-0.2, 0) is 4.79 Å². The lowest BCUT2D eigenvalue weighted by atomic mass is 10.2. The van der Waals surface area contributed by atoms with Crippen LogP contribution in [0, 0.1) is 5.82 Å². The van der Waals surface area contributed by atoms with Crippen molar-refractivity contribution in [1.82, 2.24) is 25.5 Å². The van der Waals surface area contributed by atoms with Crippen LogP contribution < -0.4 is 10.1 Å². The van der Waals surface area contributed by atoms with Crippen molar-refractivity contribution in [3.63, 3.8) is 0 Å². The van der Waals surface area contributed by atoms with Gasteiger partial charge in [-0.05, 0) is 52.9 Å². The molecule has 27 heavy (non-hydrogen) atoms. The summed E-state index contributed by atoms with van der Waals surface area (Å²) in [4.78, 5) is 24.1. The second-order valence-corrected chi connectivity index (χ2v) is 6.19. The Hall–Kier alpha value is -3.27. The van der Waals surface area contributed by atoms with E-state index < -0.39 is 17.6 Å². The van der Waals surface area contributed by atoms with E-state index in [2.05, 4.69) is 20.8 Å². The number of benzene rings is 2. The molecule has 0 fully saturated rings. The van der Waals surface area contributed by atoms with Crippen LogP contribution in [0.15, 0.2) is 53.7 Å². The van der Waals surface area contributed by atoms with Gasteiger partial charge in [0.1, 0.15) is 11.6 Å². The quantitative estimate of drug-likeness (QED) is 0.645. The first-order valence-electron chi connectivity index (χ1n) is 7.72. The second-order valence-electron chi connectivity index (χ2n) is 5.25. The molecule has 0 spiro atoms. The van der Waals surface area contributed by atoms with Crippen LogP contribution in [0.25, 0.3) is 5.69 Å². The van der Waals surface area contributed by atoms with Gasteiger partial charge in [-0.3, -0.25) is 14.9 Å². The number of thioether (sulfide) groups is 1. The van der Waals surface area contributed by atoms with Crippen molar-refractivity contribution in [1.29, 1.82) is 0 Å². The van der Waals surface area contributed by atoms with Crippen molar-refractivity contribution in [2.45, 2.75) is 5.16 Å². The summed E-state index contributed by atoms with van der Waals surface area (Å²) >= 11 is 1.03. The number of carbonyl (C=O) groups excluding carboxylic acids is 2. The molecule has 1 heterocycles. The van der Waals surface area contributed by atoms with Crippen LogP contribution >= 0.6 is 11.8 Å². The maximum atomic E-state index is 13.4. The minimum Gasteiger partial charge on any atom is -0.497 e. The summed E-state index contributed by atoms with van der Waals surface area (Å²) in [6.07, 6.45) is 0. The molecule has 0 saturated heterocycles. The number of hydrogen-bond acceptors (Lipinski definition) is 7. The van der Waals surface area contributed by atoms with Gasteiger partial charge in [-0.25, -0.2) is 4.39 Å². The molecule has 0 saturated carbocycles. The summed E-state index contributed by atoms with van der Waals surface area (Å²) in [6, 6.07) is 12.1. The van der Waals surface area contributed by atoms with E-state index in [4.69, 9.17) is 4.74 Å². The standard InChI is InChI=1S/C17H14FN5O3S/c1-26-14-7-5-11(6-8-14)16(25)19-15(24)10-27-17-20-21-22-23(17)13-4-2-3-12(18)9-13/h2-9H,10H2,1H3,(H,19,24,25). The number of imide groups is 1. The number of aromatic nitrogens is 4. The van der Waals surface area contributed by atoms with Crippen molar-refractivity contribution >= 4 is 23.6 Å². The Kier molecular flexibility index (Phi) is 5.77. The number of amides is 2. The van der Waals surface area contributed by atoms with Gasteiger partial charge in [0.15, 0.2) is 0 Å². The average molecular weight is 387 g/mol. The van der Waals surface area contributed by atoms with Crippen LogP contribution in [0.2, 0.25) is 0 Å². The number of hydrogen-bond donors (Lipinski definition) is 1. The number of halogens is 1. The summed E-state index contributed by atoms with van der Waals surface area (Å²) in [5.41, 5.74) is 0.760. The maximum absolute atomic E-state index is 13.4. The van der Waals surface area contributed by atoms with E-state index in [-0.39, 0.29) is 5.75 Å². The van der Waals surface area contributed by atoms with Crippen LogP contribution in [0.3, 0.4) is 0 Å². The molecule has 0 atom stereocenters. The number of carbonyl (C=O) groups is 2. The lowest BCUT2D eigenvalue weighted by Gasteiger charge is -2.06. The van der Waals surface area contributed by atoms with Gasteiger partial charge in [0.2, 0.25) is 11.1 Å². The molecule has 10 heteroatoms. The molecule has 3 rings (SSSR count). The molecule has 0 aliphatic rings. The molecule has 1 aromatic heterocycles. The summed E-state index contributed by atoms with van der Waals surface area (Å²) in [5.74, 6) is -0.931. The van der Waals surface area contributed by atoms with Gasteiger partial charge in [0.25, 0.3) is 5.91 Å². The molecule has 0 bridgehead atoms. The Morgan fingerprint density at radius 1 is 1.22 bits per heavy atom. The molecule has 138 valence electrons. The van der Waals surface area contributed by atoms with Crippen molar-refractivity contribution in [3.8, 4) is 11.4 Å². The van der Waals surface area contributed by atoms with Gasteiger partial charge in [-0.1, -0.05) is 17.8 Å². The number of rotatable bonds is 6. The predicted octanol–water partition coefficient (Wildman–Crippen LogP) is 1.86. The van der Waals surface area contributed by atoms with E-state index in [0.29, 0.717) is 22.2 Å². The number of nitrogens with one attached hydrogen (secondary N) is 1. The van der Waals surface area contributed by atoms with E-state index >= 15 is 0 Å². The minimum atomic E-state index is -0.520. The lowest BCUT2D eigenvalue weighted by molar-refractivity contribution is -0.117. The zero-order valence-electron chi connectivity index (χ0n) is 14.1. The average Bonchev–Trinajstić information content (AvgIpc) is 3.15. The molecule has 0 unspecified atom stereocenters. The Morgan fingerprint density at radius 3 is 2.70 bits per heavy atom. The topological polar surface area (TPSA) is 99.0 Å². The fourth-order valence-electron chi connectivity index (χ4n) is 2.15. The van der Waals surface area contributed by atoms with Gasteiger partial charge >= 0.3 is 0 Å². The summed E-state index contributed by atoms with van der Waals surface area (Å²) in [7, 11) is 1.52. The van der Waals surface area contributed by atoms with Gasteiger partial charge in [-0.2, -0.15) is 4.68 Å².